The summed E-state index contributed by atoms with van der Waals surface area (Å²) in [6.45, 7) is 0. The molecular weight excluding hydrogens is 787 g/mol. The van der Waals surface area contributed by atoms with E-state index in [1.165, 1.54) is 5.39 Å². The summed E-state index contributed by atoms with van der Waals surface area (Å²) in [4.78, 5) is 20.8. The monoisotopic (exact) mass is 821 g/mol. The van der Waals surface area contributed by atoms with E-state index in [0.717, 1.165) is 93.2 Å². The molecule has 0 spiro atoms. The van der Waals surface area contributed by atoms with Gasteiger partial charge in [-0.05, 0) is 70.8 Å². The number of rotatable bonds is 8. The molecule has 3 aromatic heterocycles. The summed E-state index contributed by atoms with van der Waals surface area (Å²) < 4.78 is 2.25. The lowest BCUT2D eigenvalue weighted by atomic mass is 9.95. The molecule has 6 heteroatoms. The van der Waals surface area contributed by atoms with Crippen LogP contribution in [0.4, 0.5) is 0 Å². The SMILES string of the molecule is N#Cc1ccc2c(c1)sc1cc(-c3cc(-c4cc(-c5ccccc5)nc(-c5ccccc5)n4)cc(-c4cc(-c5ccc(-c6ccccc6)cc5)nc(-c5ccccc5)n4)c3)ccc12. The van der Waals surface area contributed by atoms with E-state index < -0.39 is 0 Å². The lowest BCUT2D eigenvalue weighted by Gasteiger charge is -2.14. The highest BCUT2D eigenvalue weighted by Crippen LogP contribution is 2.40. The van der Waals surface area contributed by atoms with Gasteiger partial charge in [0.05, 0.1) is 34.4 Å². The van der Waals surface area contributed by atoms with E-state index in [2.05, 4.69) is 146 Å². The van der Waals surface area contributed by atoms with E-state index in [9.17, 15) is 5.26 Å². The highest BCUT2D eigenvalue weighted by Gasteiger charge is 2.17. The van der Waals surface area contributed by atoms with Gasteiger partial charge in [-0.1, -0.05) is 164 Å². The van der Waals surface area contributed by atoms with Crippen molar-refractivity contribution in [2.24, 2.45) is 0 Å². The average Bonchev–Trinajstić information content (AvgIpc) is 3.74. The second kappa shape index (κ2) is 16.2. The van der Waals surface area contributed by atoms with Gasteiger partial charge in [-0.2, -0.15) is 5.26 Å². The van der Waals surface area contributed by atoms with Crippen LogP contribution in [0, 0.1) is 11.3 Å². The number of benzene rings is 8. The quantitative estimate of drug-likeness (QED) is 0.153. The molecular formula is C57H35N5S. The first-order chi connectivity index (χ1) is 31.1. The van der Waals surface area contributed by atoms with Crippen molar-refractivity contribution in [3.63, 3.8) is 0 Å². The number of thiophene rings is 1. The first kappa shape index (κ1) is 37.6. The molecule has 8 aromatic carbocycles. The molecule has 0 aliphatic heterocycles. The van der Waals surface area contributed by atoms with Gasteiger partial charge in [-0.15, -0.1) is 11.3 Å². The minimum absolute atomic E-state index is 0.644. The van der Waals surface area contributed by atoms with E-state index in [-0.39, 0.29) is 0 Å². The maximum absolute atomic E-state index is 9.62. The Balaban J connectivity index is 1.12. The van der Waals surface area contributed by atoms with Crippen LogP contribution < -0.4 is 0 Å². The Labute approximate surface area is 369 Å². The molecule has 5 nitrogen and oxygen atoms in total. The molecule has 0 amide bonds. The molecule has 3 heterocycles. The topological polar surface area (TPSA) is 75.3 Å². The molecule has 0 saturated carbocycles. The zero-order chi connectivity index (χ0) is 42.1. The van der Waals surface area contributed by atoms with Crippen LogP contribution in [-0.4, -0.2) is 19.9 Å². The maximum atomic E-state index is 9.62. The molecule has 0 fully saturated rings. The molecule has 11 rings (SSSR count). The van der Waals surface area contributed by atoms with Crippen molar-refractivity contribution in [3.8, 4) is 96.1 Å². The van der Waals surface area contributed by atoms with Crippen molar-refractivity contribution in [1.82, 2.24) is 19.9 Å². The Bertz CT molecular complexity index is 3430. The van der Waals surface area contributed by atoms with Gasteiger partial charge in [0.15, 0.2) is 11.6 Å². The molecule has 0 saturated heterocycles. The number of aromatic nitrogens is 4. The first-order valence-corrected chi connectivity index (χ1v) is 21.6. The smallest absolute Gasteiger partial charge is 0.160 e. The minimum Gasteiger partial charge on any atom is -0.228 e. The van der Waals surface area contributed by atoms with Crippen LogP contribution in [0.3, 0.4) is 0 Å². The normalized spacial score (nSPS) is 11.2. The third-order valence-electron chi connectivity index (χ3n) is 11.3. The number of hydrogen-bond acceptors (Lipinski definition) is 6. The van der Waals surface area contributed by atoms with Gasteiger partial charge in [-0.3, -0.25) is 0 Å². The number of nitriles is 1. The van der Waals surface area contributed by atoms with Crippen LogP contribution >= 0.6 is 11.3 Å². The van der Waals surface area contributed by atoms with Crippen molar-refractivity contribution in [1.29, 1.82) is 5.26 Å². The van der Waals surface area contributed by atoms with Crippen LogP contribution in [0.25, 0.3) is 110 Å². The average molecular weight is 822 g/mol. The van der Waals surface area contributed by atoms with Gasteiger partial charge in [-0.25, -0.2) is 19.9 Å². The van der Waals surface area contributed by atoms with Crippen molar-refractivity contribution < 1.29 is 0 Å². The molecule has 0 N–H and O–H groups in total. The highest BCUT2D eigenvalue weighted by molar-refractivity contribution is 7.25. The van der Waals surface area contributed by atoms with Crippen molar-refractivity contribution >= 4 is 31.5 Å². The first-order valence-electron chi connectivity index (χ1n) is 20.7. The summed E-state index contributed by atoms with van der Waals surface area (Å²) in [5, 5.41) is 11.9. The van der Waals surface area contributed by atoms with E-state index in [1.807, 2.05) is 72.8 Å². The van der Waals surface area contributed by atoms with Gasteiger partial charge < -0.3 is 0 Å². The molecule has 0 aliphatic rings. The van der Waals surface area contributed by atoms with Crippen LogP contribution in [0.15, 0.2) is 212 Å². The van der Waals surface area contributed by atoms with Crippen molar-refractivity contribution in [2.75, 3.05) is 0 Å². The van der Waals surface area contributed by atoms with Crippen LogP contribution in [0.2, 0.25) is 0 Å². The Morgan fingerprint density at radius 1 is 0.302 bits per heavy atom. The Morgan fingerprint density at radius 2 is 0.683 bits per heavy atom. The van der Waals surface area contributed by atoms with Crippen LogP contribution in [0.5, 0.6) is 0 Å². The third-order valence-corrected chi connectivity index (χ3v) is 12.4. The third kappa shape index (κ3) is 7.55. The summed E-state index contributed by atoms with van der Waals surface area (Å²) in [7, 11) is 0. The van der Waals surface area contributed by atoms with Crippen LogP contribution in [0.1, 0.15) is 5.56 Å². The lowest BCUT2D eigenvalue weighted by Crippen LogP contribution is -1.98. The second-order valence-corrected chi connectivity index (χ2v) is 16.5. The Morgan fingerprint density at radius 3 is 1.21 bits per heavy atom. The van der Waals surface area contributed by atoms with E-state index in [4.69, 9.17) is 19.9 Å². The predicted octanol–water partition coefficient (Wildman–Crippen LogP) is 14.8. The fourth-order valence-corrected chi connectivity index (χ4v) is 9.29. The summed E-state index contributed by atoms with van der Waals surface area (Å²) in [5.74, 6) is 1.29. The van der Waals surface area contributed by atoms with Gasteiger partial charge in [0.1, 0.15) is 0 Å². The molecule has 11 aromatic rings. The number of hydrogen-bond donors (Lipinski definition) is 0. The molecule has 0 radical (unpaired) electrons. The summed E-state index contributed by atoms with van der Waals surface area (Å²) in [6, 6.07) is 75.3. The zero-order valence-corrected chi connectivity index (χ0v) is 34.7. The van der Waals surface area contributed by atoms with Crippen molar-refractivity contribution in [2.45, 2.75) is 0 Å². The zero-order valence-electron chi connectivity index (χ0n) is 33.9. The van der Waals surface area contributed by atoms with Gasteiger partial charge in [0, 0.05) is 53.6 Å². The maximum Gasteiger partial charge on any atom is 0.160 e. The Kier molecular flexibility index (Phi) is 9.70. The van der Waals surface area contributed by atoms with Gasteiger partial charge in [0.2, 0.25) is 0 Å². The van der Waals surface area contributed by atoms with E-state index >= 15 is 0 Å². The predicted molar refractivity (Wildman–Crippen MR) is 259 cm³/mol. The molecule has 0 atom stereocenters. The molecule has 0 bridgehead atoms. The van der Waals surface area contributed by atoms with Gasteiger partial charge >= 0.3 is 0 Å². The minimum atomic E-state index is 0.644. The summed E-state index contributed by atoms with van der Waals surface area (Å²) in [6.07, 6.45) is 0. The lowest BCUT2D eigenvalue weighted by molar-refractivity contribution is 1.18. The fraction of sp³-hybridized carbons (Fsp3) is 0. The molecule has 0 aliphatic carbocycles. The standard InChI is InChI=1S/C57H35N5S/c58-36-37-21-27-48-49-28-26-44(33-55(49)63-54(48)29-37)45-30-46(52-34-50(40-15-7-2-8-16-40)59-56(61-52)42-17-9-3-10-18-42)32-47(31-45)53-35-51(60-57(62-53)43-19-11-4-12-20-43)41-24-22-39(23-25-41)38-13-5-1-6-14-38/h1-35H. The molecule has 0 unspecified atom stereocenters. The second-order valence-electron chi connectivity index (χ2n) is 15.4. The number of nitrogens with zero attached hydrogens (tertiary/aromatic N) is 5. The van der Waals surface area contributed by atoms with E-state index in [1.54, 1.807) is 11.3 Å². The Hall–Kier alpha value is -8.37. The van der Waals surface area contributed by atoms with Gasteiger partial charge in [0.25, 0.3) is 0 Å². The largest absolute Gasteiger partial charge is 0.228 e. The van der Waals surface area contributed by atoms with E-state index in [0.29, 0.717) is 17.2 Å². The molecule has 63 heavy (non-hydrogen) atoms. The highest BCUT2D eigenvalue weighted by atomic mass is 32.1. The molecule has 294 valence electrons. The fourth-order valence-electron chi connectivity index (χ4n) is 8.11. The number of fused-ring (bicyclic) bond motifs is 3. The van der Waals surface area contributed by atoms with Crippen molar-refractivity contribution in [3.05, 3.63) is 218 Å². The van der Waals surface area contributed by atoms with Crippen LogP contribution in [-0.2, 0) is 0 Å². The summed E-state index contributed by atoms with van der Waals surface area (Å²) in [5.41, 5.74) is 14.1. The summed E-state index contributed by atoms with van der Waals surface area (Å²) >= 11 is 1.71.